The molecule has 1 amide bonds. The van der Waals surface area contributed by atoms with Crippen LogP contribution in [0.1, 0.15) is 6.92 Å². The second-order valence-electron chi connectivity index (χ2n) is 5.18. The lowest BCUT2D eigenvalue weighted by molar-refractivity contribution is -0.119. The molecule has 21 heavy (non-hydrogen) atoms. The van der Waals surface area contributed by atoms with Crippen LogP contribution in [0, 0.1) is 5.82 Å². The number of carbonyl (C=O) groups is 1. The van der Waals surface area contributed by atoms with E-state index in [1.165, 1.54) is 12.1 Å². The Morgan fingerprint density at radius 2 is 2.43 bits per heavy atom. The highest BCUT2D eigenvalue weighted by Gasteiger charge is 2.24. The molecule has 0 radical (unpaired) electrons. The van der Waals surface area contributed by atoms with Crippen molar-refractivity contribution in [1.82, 2.24) is 4.90 Å². The number of carbonyl (C=O) groups excluding carboxylic acids is 1. The second kappa shape index (κ2) is 7.31. The van der Waals surface area contributed by atoms with Gasteiger partial charge in [-0.3, -0.25) is 9.69 Å². The number of nitrogens with one attached hydrogen (secondary N) is 1. The topological polar surface area (TPSA) is 67.6 Å². The molecule has 2 atom stereocenters. The Balaban J connectivity index is 1.89. The van der Waals surface area contributed by atoms with Crippen molar-refractivity contribution >= 4 is 27.5 Å². The van der Waals surface area contributed by atoms with Crippen molar-refractivity contribution in [3.8, 4) is 0 Å². The molecule has 3 N–H and O–H groups in total. The van der Waals surface area contributed by atoms with Crippen molar-refractivity contribution in [2.24, 2.45) is 5.73 Å². The van der Waals surface area contributed by atoms with Crippen molar-refractivity contribution in [2.45, 2.75) is 19.1 Å². The number of ether oxygens (including phenoxy) is 1. The van der Waals surface area contributed by atoms with E-state index in [0.29, 0.717) is 24.2 Å². The average Bonchev–Trinajstić information content (AvgIpc) is 2.42. The lowest BCUT2D eigenvalue weighted by Gasteiger charge is -2.34. The van der Waals surface area contributed by atoms with Crippen LogP contribution >= 0.6 is 15.9 Å². The molecule has 1 fully saturated rings. The van der Waals surface area contributed by atoms with Gasteiger partial charge in [-0.15, -0.1) is 0 Å². The first-order valence-electron chi connectivity index (χ1n) is 6.80. The minimum Gasteiger partial charge on any atom is -0.374 e. The van der Waals surface area contributed by atoms with Crippen LogP contribution in [0.2, 0.25) is 0 Å². The molecular weight excluding hydrogens is 341 g/mol. The molecule has 1 aromatic carbocycles. The Hall–Kier alpha value is -1.02. The van der Waals surface area contributed by atoms with Gasteiger partial charge >= 0.3 is 0 Å². The summed E-state index contributed by atoms with van der Waals surface area (Å²) < 4.78 is 19.8. The van der Waals surface area contributed by atoms with E-state index >= 15 is 0 Å². The number of amides is 1. The number of morpholine rings is 1. The average molecular weight is 360 g/mol. The van der Waals surface area contributed by atoms with E-state index in [-0.39, 0.29) is 30.3 Å². The van der Waals surface area contributed by atoms with Crippen molar-refractivity contribution in [2.75, 3.05) is 31.6 Å². The predicted molar refractivity (Wildman–Crippen MR) is 82.6 cm³/mol. The molecule has 0 aromatic heterocycles. The maximum atomic E-state index is 13.7. The molecule has 0 saturated carbocycles. The highest BCUT2D eigenvalue weighted by Crippen LogP contribution is 2.19. The number of nitrogens with zero attached hydrogens (tertiary/aromatic N) is 1. The second-order valence-corrected chi connectivity index (χ2v) is 6.09. The molecule has 2 rings (SSSR count). The third-order valence-electron chi connectivity index (χ3n) is 3.34. The number of benzene rings is 1. The third-order valence-corrected chi connectivity index (χ3v) is 3.83. The first-order chi connectivity index (χ1) is 9.95. The summed E-state index contributed by atoms with van der Waals surface area (Å²) in [5, 5.41) is 2.58. The maximum Gasteiger partial charge on any atom is 0.238 e. The number of halogens is 2. The minimum atomic E-state index is -0.465. The standard InChI is InChI=1S/C14H19BrFN3O2/c1-9(17)13-7-19(4-5-21-13)8-14(20)18-12-3-2-10(15)6-11(12)16/h2-3,6,9,13H,4-5,7-8,17H2,1H3,(H,18,20). The lowest BCUT2D eigenvalue weighted by atomic mass is 10.1. The van der Waals surface area contributed by atoms with Gasteiger partial charge in [0.25, 0.3) is 0 Å². The Kier molecular flexibility index (Phi) is 5.69. The Labute approximate surface area is 131 Å². The summed E-state index contributed by atoms with van der Waals surface area (Å²) >= 11 is 3.18. The summed E-state index contributed by atoms with van der Waals surface area (Å²) in [6.07, 6.45) is -0.0732. The normalized spacial score (nSPS) is 21.0. The van der Waals surface area contributed by atoms with Crippen molar-refractivity contribution < 1.29 is 13.9 Å². The zero-order valence-electron chi connectivity index (χ0n) is 11.8. The van der Waals surface area contributed by atoms with Crippen LogP contribution in [0.3, 0.4) is 0 Å². The van der Waals surface area contributed by atoms with Gasteiger partial charge in [0.15, 0.2) is 0 Å². The molecule has 1 aromatic rings. The van der Waals surface area contributed by atoms with Crippen LogP contribution in [0.25, 0.3) is 0 Å². The van der Waals surface area contributed by atoms with Gasteiger partial charge in [0.05, 0.1) is 24.9 Å². The van der Waals surface area contributed by atoms with E-state index in [2.05, 4.69) is 21.2 Å². The smallest absolute Gasteiger partial charge is 0.238 e. The SMILES string of the molecule is CC(N)C1CN(CC(=O)Nc2ccc(Br)cc2F)CCO1. The largest absolute Gasteiger partial charge is 0.374 e. The van der Waals surface area contributed by atoms with Gasteiger partial charge < -0.3 is 15.8 Å². The Bertz CT molecular complexity index is 513. The van der Waals surface area contributed by atoms with Gasteiger partial charge in [-0.05, 0) is 25.1 Å². The molecule has 1 saturated heterocycles. The van der Waals surface area contributed by atoms with Gasteiger partial charge in [-0.2, -0.15) is 0 Å². The summed E-state index contributed by atoms with van der Waals surface area (Å²) in [5.74, 6) is -0.713. The molecule has 0 bridgehead atoms. The maximum absolute atomic E-state index is 13.7. The zero-order chi connectivity index (χ0) is 15.4. The van der Waals surface area contributed by atoms with E-state index in [9.17, 15) is 9.18 Å². The Morgan fingerprint density at radius 1 is 1.67 bits per heavy atom. The quantitative estimate of drug-likeness (QED) is 0.856. The van der Waals surface area contributed by atoms with Crippen LogP contribution in [0.4, 0.5) is 10.1 Å². The first kappa shape index (κ1) is 16.4. The van der Waals surface area contributed by atoms with E-state index < -0.39 is 5.82 Å². The summed E-state index contributed by atoms with van der Waals surface area (Å²) in [6.45, 7) is 3.90. The fraction of sp³-hybridized carbons (Fsp3) is 0.500. The van der Waals surface area contributed by atoms with Gasteiger partial charge in [-0.25, -0.2) is 4.39 Å². The molecule has 0 aliphatic carbocycles. The monoisotopic (exact) mass is 359 g/mol. The molecule has 2 unspecified atom stereocenters. The lowest BCUT2D eigenvalue weighted by Crippen LogP contribution is -2.51. The minimum absolute atomic E-state index is 0.0732. The number of anilines is 1. The summed E-state index contributed by atoms with van der Waals surface area (Å²) in [6, 6.07) is 4.44. The number of hydrogen-bond acceptors (Lipinski definition) is 4. The molecule has 116 valence electrons. The predicted octanol–water partition coefficient (Wildman–Crippen LogP) is 1.57. The molecule has 7 heteroatoms. The fourth-order valence-corrected chi connectivity index (χ4v) is 2.51. The van der Waals surface area contributed by atoms with Gasteiger partial charge in [0, 0.05) is 23.6 Å². The van der Waals surface area contributed by atoms with Crippen LogP contribution in [0.5, 0.6) is 0 Å². The van der Waals surface area contributed by atoms with Crippen LogP contribution < -0.4 is 11.1 Å². The third kappa shape index (κ3) is 4.74. The Morgan fingerprint density at radius 3 is 3.10 bits per heavy atom. The van der Waals surface area contributed by atoms with Crippen molar-refractivity contribution in [3.63, 3.8) is 0 Å². The summed E-state index contributed by atoms with van der Waals surface area (Å²) in [5.41, 5.74) is 5.99. The number of rotatable bonds is 4. The summed E-state index contributed by atoms with van der Waals surface area (Å²) in [4.78, 5) is 14.0. The molecule has 1 aliphatic rings. The van der Waals surface area contributed by atoms with E-state index in [1.54, 1.807) is 6.07 Å². The van der Waals surface area contributed by atoms with E-state index in [4.69, 9.17) is 10.5 Å². The fourth-order valence-electron chi connectivity index (χ4n) is 2.18. The van der Waals surface area contributed by atoms with Crippen molar-refractivity contribution in [1.29, 1.82) is 0 Å². The van der Waals surface area contributed by atoms with Crippen LogP contribution in [0.15, 0.2) is 22.7 Å². The van der Waals surface area contributed by atoms with Crippen LogP contribution in [-0.2, 0) is 9.53 Å². The van der Waals surface area contributed by atoms with Gasteiger partial charge in [0.1, 0.15) is 5.82 Å². The number of nitrogens with two attached hydrogens (primary N) is 1. The highest BCUT2D eigenvalue weighted by atomic mass is 79.9. The zero-order valence-corrected chi connectivity index (χ0v) is 13.4. The van der Waals surface area contributed by atoms with Crippen LogP contribution in [-0.4, -0.2) is 49.2 Å². The van der Waals surface area contributed by atoms with E-state index in [1.807, 2.05) is 11.8 Å². The van der Waals surface area contributed by atoms with E-state index in [0.717, 1.165) is 0 Å². The summed E-state index contributed by atoms with van der Waals surface area (Å²) in [7, 11) is 0. The molecule has 1 heterocycles. The number of hydrogen-bond donors (Lipinski definition) is 2. The molecule has 1 aliphatic heterocycles. The van der Waals surface area contributed by atoms with Crippen molar-refractivity contribution in [3.05, 3.63) is 28.5 Å². The van der Waals surface area contributed by atoms with Gasteiger partial charge in [-0.1, -0.05) is 15.9 Å². The van der Waals surface area contributed by atoms with Gasteiger partial charge in [0.2, 0.25) is 5.91 Å². The first-order valence-corrected chi connectivity index (χ1v) is 7.59. The molecule has 5 nitrogen and oxygen atoms in total. The molecule has 0 spiro atoms. The molecular formula is C14H19BrFN3O2. The highest BCUT2D eigenvalue weighted by molar-refractivity contribution is 9.10.